The summed E-state index contributed by atoms with van der Waals surface area (Å²) in [4.78, 5) is 22.6. The van der Waals surface area contributed by atoms with E-state index in [0.29, 0.717) is 19.6 Å². The van der Waals surface area contributed by atoms with Gasteiger partial charge in [-0.1, -0.05) is 48.5 Å². The number of rotatable bonds is 6. The molecule has 2 heterocycles. The zero-order valence-electron chi connectivity index (χ0n) is 18.5. The zero-order valence-corrected chi connectivity index (χ0v) is 18.5. The molecule has 0 atom stereocenters. The van der Waals surface area contributed by atoms with Gasteiger partial charge in [0.25, 0.3) is 5.91 Å². The molecule has 0 radical (unpaired) electrons. The largest absolute Gasteiger partial charge is 0.416 e. The van der Waals surface area contributed by atoms with E-state index in [1.54, 1.807) is 12.3 Å². The van der Waals surface area contributed by atoms with Gasteiger partial charge in [0.05, 0.1) is 11.8 Å². The third-order valence-corrected chi connectivity index (χ3v) is 6.26. The molecule has 34 heavy (non-hydrogen) atoms. The van der Waals surface area contributed by atoms with Crippen molar-refractivity contribution >= 4 is 12.0 Å². The fourth-order valence-electron chi connectivity index (χ4n) is 4.30. The van der Waals surface area contributed by atoms with Gasteiger partial charge in [-0.3, -0.25) is 9.78 Å². The molecule has 1 aliphatic heterocycles. The number of carbonyl (C=O) groups excluding carboxylic acids is 1. The highest BCUT2D eigenvalue weighted by atomic mass is 19.4. The van der Waals surface area contributed by atoms with Gasteiger partial charge in [-0.2, -0.15) is 13.2 Å². The number of halogens is 3. The second-order valence-electron chi connectivity index (χ2n) is 8.36. The van der Waals surface area contributed by atoms with Crippen molar-refractivity contribution in [3.05, 3.63) is 102 Å². The number of nitrogens with zero attached hydrogens (tertiary/aromatic N) is 3. The minimum atomic E-state index is -4.40. The number of aromatic nitrogens is 2. The lowest BCUT2D eigenvalue weighted by atomic mass is 9.72. The maximum atomic E-state index is 13.3. The minimum Gasteiger partial charge on any atom is -0.377 e. The Hall–Kier alpha value is -3.68. The summed E-state index contributed by atoms with van der Waals surface area (Å²) in [6.07, 6.45) is 4.75. The highest BCUT2D eigenvalue weighted by Gasteiger charge is 2.36. The Morgan fingerprint density at radius 1 is 1.03 bits per heavy atom. The summed E-state index contributed by atoms with van der Waals surface area (Å²) < 4.78 is 39.9. The SMILES string of the molecule is O=C(NCC1(c2ccccc2)CCN(C=Cc2ccccc2C(F)(F)F)CC1)c1cnccn1. The fraction of sp³-hybridized carbons (Fsp3) is 0.269. The van der Waals surface area contributed by atoms with E-state index in [2.05, 4.69) is 27.4 Å². The van der Waals surface area contributed by atoms with Gasteiger partial charge in [0.15, 0.2) is 0 Å². The molecule has 1 saturated heterocycles. The highest BCUT2D eigenvalue weighted by molar-refractivity contribution is 5.91. The Labute approximate surface area is 196 Å². The average Bonchev–Trinajstić information content (AvgIpc) is 2.87. The number of hydrogen-bond acceptors (Lipinski definition) is 4. The van der Waals surface area contributed by atoms with Crippen molar-refractivity contribution in [1.82, 2.24) is 20.2 Å². The molecule has 1 amide bonds. The Bertz CT molecular complexity index is 1130. The van der Waals surface area contributed by atoms with E-state index in [4.69, 9.17) is 0 Å². The molecule has 0 bridgehead atoms. The lowest BCUT2D eigenvalue weighted by molar-refractivity contribution is -0.137. The van der Waals surface area contributed by atoms with E-state index >= 15 is 0 Å². The molecule has 1 N–H and O–H groups in total. The molecule has 3 aromatic rings. The van der Waals surface area contributed by atoms with Crippen LogP contribution in [-0.4, -0.2) is 40.4 Å². The van der Waals surface area contributed by atoms with E-state index in [1.807, 2.05) is 23.1 Å². The van der Waals surface area contributed by atoms with Crippen molar-refractivity contribution in [3.8, 4) is 0 Å². The Morgan fingerprint density at radius 2 is 1.74 bits per heavy atom. The third kappa shape index (κ3) is 5.44. The normalized spacial score (nSPS) is 15.9. The maximum absolute atomic E-state index is 13.3. The predicted octanol–water partition coefficient (Wildman–Crippen LogP) is 4.93. The summed E-state index contributed by atoms with van der Waals surface area (Å²) in [7, 11) is 0. The summed E-state index contributed by atoms with van der Waals surface area (Å²) in [5, 5.41) is 3.00. The molecule has 1 fully saturated rings. The van der Waals surface area contributed by atoms with Crippen LogP contribution in [0.3, 0.4) is 0 Å². The smallest absolute Gasteiger partial charge is 0.377 e. The number of alkyl halides is 3. The van der Waals surface area contributed by atoms with Crippen LogP contribution in [0.15, 0.2) is 79.4 Å². The quantitative estimate of drug-likeness (QED) is 0.560. The molecule has 5 nitrogen and oxygen atoms in total. The number of hydrogen-bond donors (Lipinski definition) is 1. The number of nitrogens with one attached hydrogen (secondary N) is 1. The van der Waals surface area contributed by atoms with Crippen LogP contribution < -0.4 is 5.32 Å². The molecule has 4 rings (SSSR count). The first kappa shape index (κ1) is 23.5. The molecule has 1 aliphatic rings. The molecule has 176 valence electrons. The molecule has 8 heteroatoms. The van der Waals surface area contributed by atoms with Crippen molar-refractivity contribution in [2.45, 2.75) is 24.4 Å². The molecule has 0 unspecified atom stereocenters. The molecule has 1 aromatic heterocycles. The maximum Gasteiger partial charge on any atom is 0.416 e. The molecule has 0 saturated carbocycles. The van der Waals surface area contributed by atoms with Gasteiger partial charge in [-0.15, -0.1) is 0 Å². The number of amides is 1. The standard InChI is InChI=1S/C26H25F3N4O/c27-26(28,29)22-9-5-4-6-20(22)10-15-33-16-11-25(12-17-33,21-7-2-1-3-8-21)19-32-24(34)23-18-30-13-14-31-23/h1-10,13-15,18H,11-12,16-17,19H2,(H,32,34). The summed E-state index contributed by atoms with van der Waals surface area (Å²) >= 11 is 0. The predicted molar refractivity (Wildman–Crippen MR) is 124 cm³/mol. The number of benzene rings is 2. The molecular weight excluding hydrogens is 441 g/mol. The van der Waals surface area contributed by atoms with Crippen LogP contribution in [0.25, 0.3) is 6.08 Å². The molecular formula is C26H25F3N4O. The van der Waals surface area contributed by atoms with E-state index in [1.165, 1.54) is 36.8 Å². The lowest BCUT2D eigenvalue weighted by Gasteiger charge is -2.42. The van der Waals surface area contributed by atoms with Crippen molar-refractivity contribution in [3.63, 3.8) is 0 Å². The second kappa shape index (κ2) is 10.1. The number of likely N-dealkylation sites (tertiary alicyclic amines) is 1. The van der Waals surface area contributed by atoms with Crippen molar-refractivity contribution in [2.75, 3.05) is 19.6 Å². The Kier molecular flexibility index (Phi) is 6.95. The van der Waals surface area contributed by atoms with Gasteiger partial charge >= 0.3 is 6.18 Å². The second-order valence-corrected chi connectivity index (χ2v) is 8.36. The van der Waals surface area contributed by atoms with Crippen LogP contribution in [0.5, 0.6) is 0 Å². The lowest BCUT2D eigenvalue weighted by Crippen LogP contribution is -2.48. The zero-order chi connectivity index (χ0) is 24.0. The number of carbonyl (C=O) groups is 1. The fourth-order valence-corrected chi connectivity index (χ4v) is 4.30. The first-order valence-corrected chi connectivity index (χ1v) is 11.1. The van der Waals surface area contributed by atoms with Gasteiger partial charge in [-0.25, -0.2) is 4.98 Å². The topological polar surface area (TPSA) is 58.1 Å². The third-order valence-electron chi connectivity index (χ3n) is 6.26. The molecule has 0 aliphatic carbocycles. The van der Waals surface area contributed by atoms with Crippen LogP contribution in [0.1, 0.15) is 40.0 Å². The van der Waals surface area contributed by atoms with Crippen LogP contribution >= 0.6 is 0 Å². The summed E-state index contributed by atoms with van der Waals surface area (Å²) in [6.45, 7) is 1.74. The number of piperidine rings is 1. The Morgan fingerprint density at radius 3 is 2.41 bits per heavy atom. The van der Waals surface area contributed by atoms with E-state index < -0.39 is 11.7 Å². The van der Waals surface area contributed by atoms with Crippen molar-refractivity contribution < 1.29 is 18.0 Å². The van der Waals surface area contributed by atoms with Crippen LogP contribution in [-0.2, 0) is 11.6 Å². The minimum absolute atomic E-state index is 0.145. The van der Waals surface area contributed by atoms with Gasteiger partial charge in [0.2, 0.25) is 0 Å². The highest BCUT2D eigenvalue weighted by Crippen LogP contribution is 2.36. The van der Waals surface area contributed by atoms with E-state index in [-0.39, 0.29) is 22.6 Å². The summed E-state index contributed by atoms with van der Waals surface area (Å²) in [5.74, 6) is -0.283. The van der Waals surface area contributed by atoms with Gasteiger partial charge in [0.1, 0.15) is 5.69 Å². The van der Waals surface area contributed by atoms with Crippen molar-refractivity contribution in [2.24, 2.45) is 0 Å². The Balaban J connectivity index is 1.47. The van der Waals surface area contributed by atoms with Gasteiger partial charge in [-0.05, 0) is 42.3 Å². The molecule has 2 aromatic carbocycles. The van der Waals surface area contributed by atoms with Gasteiger partial charge < -0.3 is 10.2 Å². The molecule has 0 spiro atoms. The first-order valence-electron chi connectivity index (χ1n) is 11.1. The monoisotopic (exact) mass is 466 g/mol. The first-order chi connectivity index (χ1) is 16.4. The average molecular weight is 467 g/mol. The van der Waals surface area contributed by atoms with Crippen LogP contribution in [0.4, 0.5) is 13.2 Å². The van der Waals surface area contributed by atoms with E-state index in [0.717, 1.165) is 24.5 Å². The summed E-state index contributed by atoms with van der Waals surface area (Å²) in [5.41, 5.74) is 0.600. The van der Waals surface area contributed by atoms with Crippen molar-refractivity contribution in [1.29, 1.82) is 0 Å². The van der Waals surface area contributed by atoms with E-state index in [9.17, 15) is 18.0 Å². The summed E-state index contributed by atoms with van der Waals surface area (Å²) in [6, 6.07) is 15.6. The van der Waals surface area contributed by atoms with Crippen LogP contribution in [0, 0.1) is 0 Å². The van der Waals surface area contributed by atoms with Crippen LogP contribution in [0.2, 0.25) is 0 Å². The van der Waals surface area contributed by atoms with Gasteiger partial charge in [0, 0.05) is 37.4 Å².